The molecule has 0 aliphatic carbocycles. The molecule has 0 radical (unpaired) electrons. The van der Waals surface area contributed by atoms with Crippen LogP contribution in [0.3, 0.4) is 0 Å². The standard InChI is InChI=1S/C14H30N4OS.HI/c1-4-15-14(16-7-5-6-10-20-3)17-11-13-12-18(2)8-9-19-13;/h13H,4-12H2,1-3H3,(H2,15,16,17);1H. The van der Waals surface area contributed by atoms with Gasteiger partial charge in [-0.15, -0.1) is 24.0 Å². The fourth-order valence-electron chi connectivity index (χ4n) is 2.09. The second-order valence-corrected chi connectivity index (χ2v) is 6.09. The van der Waals surface area contributed by atoms with Crippen LogP contribution < -0.4 is 10.6 Å². The van der Waals surface area contributed by atoms with Crippen molar-refractivity contribution in [1.82, 2.24) is 15.5 Å². The quantitative estimate of drug-likeness (QED) is 0.265. The number of thioether (sulfide) groups is 1. The van der Waals surface area contributed by atoms with E-state index in [-0.39, 0.29) is 30.1 Å². The number of hydrogen-bond donors (Lipinski definition) is 2. The third-order valence-electron chi connectivity index (χ3n) is 3.21. The molecular weight excluding hydrogens is 399 g/mol. The van der Waals surface area contributed by atoms with E-state index < -0.39 is 0 Å². The predicted molar refractivity (Wildman–Crippen MR) is 104 cm³/mol. The van der Waals surface area contributed by atoms with E-state index in [0.29, 0.717) is 0 Å². The molecule has 126 valence electrons. The van der Waals surface area contributed by atoms with E-state index in [0.717, 1.165) is 45.3 Å². The monoisotopic (exact) mass is 430 g/mol. The van der Waals surface area contributed by atoms with Gasteiger partial charge in [-0.25, -0.2) is 0 Å². The first-order valence-corrected chi connectivity index (χ1v) is 8.97. The highest BCUT2D eigenvalue weighted by atomic mass is 127. The lowest BCUT2D eigenvalue weighted by Crippen LogP contribution is -2.43. The second kappa shape index (κ2) is 13.9. The molecule has 21 heavy (non-hydrogen) atoms. The molecule has 0 aromatic carbocycles. The number of ether oxygens (including phenoxy) is 1. The maximum Gasteiger partial charge on any atom is 0.191 e. The minimum atomic E-state index is 0. The Bertz CT molecular complexity index is 282. The zero-order valence-corrected chi connectivity index (χ0v) is 16.7. The van der Waals surface area contributed by atoms with Crippen LogP contribution in [-0.2, 0) is 4.74 Å². The smallest absolute Gasteiger partial charge is 0.191 e. The first-order chi connectivity index (χ1) is 9.76. The number of morpholine rings is 1. The number of halogens is 1. The average molecular weight is 430 g/mol. The molecule has 1 fully saturated rings. The van der Waals surface area contributed by atoms with Crippen LogP contribution in [0.15, 0.2) is 4.99 Å². The molecule has 1 saturated heterocycles. The molecule has 0 bridgehead atoms. The van der Waals surface area contributed by atoms with Crippen molar-refractivity contribution < 1.29 is 4.74 Å². The van der Waals surface area contributed by atoms with Crippen molar-refractivity contribution in [3.05, 3.63) is 0 Å². The van der Waals surface area contributed by atoms with Gasteiger partial charge < -0.3 is 20.3 Å². The average Bonchev–Trinajstić information content (AvgIpc) is 2.44. The number of nitrogens with zero attached hydrogens (tertiary/aromatic N) is 2. The van der Waals surface area contributed by atoms with Crippen LogP contribution in [-0.4, -0.2) is 75.4 Å². The van der Waals surface area contributed by atoms with Crippen molar-refractivity contribution >= 4 is 41.7 Å². The van der Waals surface area contributed by atoms with Crippen molar-refractivity contribution in [3.63, 3.8) is 0 Å². The summed E-state index contributed by atoms with van der Waals surface area (Å²) in [5, 5.41) is 6.68. The third-order valence-corrected chi connectivity index (χ3v) is 3.90. The molecule has 0 aromatic rings. The summed E-state index contributed by atoms with van der Waals surface area (Å²) in [6.07, 6.45) is 4.82. The zero-order valence-electron chi connectivity index (χ0n) is 13.6. The summed E-state index contributed by atoms with van der Waals surface area (Å²) in [5.74, 6) is 2.14. The summed E-state index contributed by atoms with van der Waals surface area (Å²) in [5.41, 5.74) is 0. The van der Waals surface area contributed by atoms with Crippen molar-refractivity contribution in [1.29, 1.82) is 0 Å². The fraction of sp³-hybridized carbons (Fsp3) is 0.929. The molecule has 1 atom stereocenters. The summed E-state index contributed by atoms with van der Waals surface area (Å²) < 4.78 is 5.73. The van der Waals surface area contributed by atoms with Gasteiger partial charge in [0.05, 0.1) is 19.3 Å². The van der Waals surface area contributed by atoms with Gasteiger partial charge in [0.1, 0.15) is 0 Å². The normalized spacial score (nSPS) is 20.0. The van der Waals surface area contributed by atoms with Gasteiger partial charge in [0, 0.05) is 26.2 Å². The lowest BCUT2D eigenvalue weighted by atomic mass is 10.3. The van der Waals surface area contributed by atoms with Gasteiger partial charge in [-0.05, 0) is 38.8 Å². The van der Waals surface area contributed by atoms with Crippen LogP contribution in [0.2, 0.25) is 0 Å². The van der Waals surface area contributed by atoms with E-state index in [1.165, 1.54) is 18.6 Å². The Balaban J connectivity index is 0.00000400. The molecule has 1 heterocycles. The van der Waals surface area contributed by atoms with Gasteiger partial charge in [0.25, 0.3) is 0 Å². The minimum absolute atomic E-state index is 0. The topological polar surface area (TPSA) is 48.9 Å². The largest absolute Gasteiger partial charge is 0.374 e. The maximum atomic E-state index is 5.73. The summed E-state index contributed by atoms with van der Waals surface area (Å²) in [6, 6.07) is 0. The lowest BCUT2D eigenvalue weighted by molar-refractivity contribution is -0.0136. The van der Waals surface area contributed by atoms with E-state index in [9.17, 15) is 0 Å². The van der Waals surface area contributed by atoms with Crippen molar-refractivity contribution in [2.75, 3.05) is 58.4 Å². The molecular formula is C14H31IN4OS. The van der Waals surface area contributed by atoms with E-state index in [1.54, 1.807) is 0 Å². The van der Waals surface area contributed by atoms with Crippen LogP contribution in [0, 0.1) is 0 Å². The molecule has 1 unspecified atom stereocenters. The first kappa shape index (κ1) is 21.3. The Morgan fingerprint density at radius 3 is 2.86 bits per heavy atom. The Labute approximate surface area is 151 Å². The molecule has 0 saturated carbocycles. The molecule has 0 aromatic heterocycles. The van der Waals surface area contributed by atoms with Crippen LogP contribution in [0.1, 0.15) is 19.8 Å². The highest BCUT2D eigenvalue weighted by Gasteiger charge is 2.17. The highest BCUT2D eigenvalue weighted by Crippen LogP contribution is 2.03. The Hall–Kier alpha value is 0.270. The van der Waals surface area contributed by atoms with Gasteiger partial charge in [0.2, 0.25) is 0 Å². The van der Waals surface area contributed by atoms with E-state index in [4.69, 9.17) is 4.74 Å². The predicted octanol–water partition coefficient (Wildman–Crippen LogP) is 1.63. The Morgan fingerprint density at radius 1 is 1.38 bits per heavy atom. The minimum Gasteiger partial charge on any atom is -0.374 e. The van der Waals surface area contributed by atoms with E-state index >= 15 is 0 Å². The molecule has 1 aliphatic rings. The van der Waals surface area contributed by atoms with Gasteiger partial charge in [0.15, 0.2) is 5.96 Å². The first-order valence-electron chi connectivity index (χ1n) is 7.57. The van der Waals surface area contributed by atoms with Gasteiger partial charge in [-0.3, -0.25) is 4.99 Å². The maximum absolute atomic E-state index is 5.73. The molecule has 7 heteroatoms. The molecule has 1 aliphatic heterocycles. The number of rotatable bonds is 8. The summed E-state index contributed by atoms with van der Waals surface area (Å²) >= 11 is 1.91. The van der Waals surface area contributed by atoms with Gasteiger partial charge in [-0.1, -0.05) is 0 Å². The van der Waals surface area contributed by atoms with E-state index in [1.807, 2.05) is 11.8 Å². The summed E-state index contributed by atoms with van der Waals surface area (Å²) in [7, 11) is 2.13. The lowest BCUT2D eigenvalue weighted by Gasteiger charge is -2.29. The number of guanidine groups is 1. The third kappa shape index (κ3) is 10.6. The number of nitrogens with one attached hydrogen (secondary N) is 2. The van der Waals surface area contributed by atoms with Gasteiger partial charge in [-0.2, -0.15) is 11.8 Å². The number of aliphatic imine (C=N–C) groups is 1. The summed E-state index contributed by atoms with van der Waals surface area (Å²) in [4.78, 5) is 6.92. The molecule has 1 rings (SSSR count). The van der Waals surface area contributed by atoms with Crippen LogP contribution >= 0.6 is 35.7 Å². The van der Waals surface area contributed by atoms with Crippen molar-refractivity contribution in [2.24, 2.45) is 4.99 Å². The van der Waals surface area contributed by atoms with Crippen LogP contribution in [0.5, 0.6) is 0 Å². The van der Waals surface area contributed by atoms with Crippen LogP contribution in [0.25, 0.3) is 0 Å². The molecule has 0 amide bonds. The number of unbranched alkanes of at least 4 members (excludes halogenated alkanes) is 1. The molecule has 5 nitrogen and oxygen atoms in total. The Morgan fingerprint density at radius 2 is 2.19 bits per heavy atom. The second-order valence-electron chi connectivity index (χ2n) is 5.10. The number of likely N-dealkylation sites (N-methyl/N-ethyl adjacent to an activating group) is 1. The molecule has 2 N–H and O–H groups in total. The Kier molecular flexibility index (Phi) is 14.1. The van der Waals surface area contributed by atoms with E-state index in [2.05, 4.69) is 40.8 Å². The van der Waals surface area contributed by atoms with Crippen LogP contribution in [0.4, 0.5) is 0 Å². The zero-order chi connectivity index (χ0) is 14.6. The van der Waals surface area contributed by atoms with Gasteiger partial charge >= 0.3 is 0 Å². The van der Waals surface area contributed by atoms with Crippen molar-refractivity contribution in [2.45, 2.75) is 25.9 Å². The number of hydrogen-bond acceptors (Lipinski definition) is 4. The SMILES string of the molecule is CCNC(=NCC1CN(C)CCO1)NCCCCSC.I. The van der Waals surface area contributed by atoms with Crippen molar-refractivity contribution in [3.8, 4) is 0 Å². The highest BCUT2D eigenvalue weighted by molar-refractivity contribution is 14.0. The fourth-order valence-corrected chi connectivity index (χ4v) is 2.58. The molecule has 0 spiro atoms. The summed E-state index contributed by atoms with van der Waals surface area (Å²) in [6.45, 7) is 7.50.